The van der Waals surface area contributed by atoms with Crippen molar-refractivity contribution in [3.63, 3.8) is 0 Å². The molecule has 0 spiro atoms. The summed E-state index contributed by atoms with van der Waals surface area (Å²) < 4.78 is 23.8. The van der Waals surface area contributed by atoms with E-state index >= 15 is 0 Å². The summed E-state index contributed by atoms with van der Waals surface area (Å²) >= 11 is 1.51. The van der Waals surface area contributed by atoms with Gasteiger partial charge in [-0.3, -0.25) is 12.2 Å². The Balaban J connectivity index is -0.000000387. The molecule has 2 rings (SSSR count). The van der Waals surface area contributed by atoms with Gasteiger partial charge in [0.05, 0.1) is 0 Å². The molecule has 0 atom stereocenters. The van der Waals surface area contributed by atoms with Gasteiger partial charge in [-0.05, 0) is 50.8 Å². The van der Waals surface area contributed by atoms with Crippen LogP contribution in [0.15, 0.2) is 35.8 Å². The number of rotatable bonds is 8. The Morgan fingerprint density at radius 2 is 1.14 bits per heavy atom. The maximum absolute atomic E-state index is 5.52. The Bertz CT molecular complexity index is 506. The average Bonchev–Trinajstić information content (AvgIpc) is 3.19. The standard InChI is InChI=1S/2C9H15O2Si.C2H4.2ClH.Zr/c2*1-12(2,3)11-8-10-9-6-4-5-7-9;1-2;;;/h2*6-7H,4,8H2,1-3H3;1H,2H3;2*1H;/q2*-1;;;;+2. The molecule has 0 amide bonds. The minimum absolute atomic E-state index is 0. The van der Waals surface area contributed by atoms with Crippen LogP contribution in [0.3, 0.4) is 0 Å². The van der Waals surface area contributed by atoms with Gasteiger partial charge in [-0.1, -0.05) is 0 Å². The topological polar surface area (TPSA) is 36.9 Å². The minimum atomic E-state index is -1.42. The first kappa shape index (κ1) is 33.9. The molecule has 0 aromatic heterocycles. The molecule has 9 heteroatoms. The summed E-state index contributed by atoms with van der Waals surface area (Å²) in [4.78, 5) is 0. The van der Waals surface area contributed by atoms with Gasteiger partial charge < -0.3 is 18.3 Å². The van der Waals surface area contributed by atoms with Gasteiger partial charge in [0, 0.05) is 0 Å². The summed E-state index contributed by atoms with van der Waals surface area (Å²) in [5.74, 6) is 1.77. The van der Waals surface area contributed by atoms with E-state index in [1.807, 2.05) is 31.2 Å². The Labute approximate surface area is 207 Å². The Kier molecular flexibility index (Phi) is 22.2. The number of allylic oxidation sites excluding steroid dienone is 6. The van der Waals surface area contributed by atoms with E-state index < -0.39 is 16.6 Å². The van der Waals surface area contributed by atoms with E-state index in [2.05, 4.69) is 55.1 Å². The van der Waals surface area contributed by atoms with Crippen LogP contribution in [0.25, 0.3) is 0 Å². The van der Waals surface area contributed by atoms with E-state index in [4.69, 9.17) is 18.3 Å². The van der Waals surface area contributed by atoms with Crippen molar-refractivity contribution in [3.05, 3.63) is 48.0 Å². The van der Waals surface area contributed by atoms with Crippen molar-refractivity contribution >= 4 is 45.2 Å². The average molecular weight is 559 g/mol. The monoisotopic (exact) mass is 556 g/mol. The first-order valence-corrected chi connectivity index (χ1v) is 17.3. The van der Waals surface area contributed by atoms with E-state index in [9.17, 15) is 0 Å². The first-order valence-electron chi connectivity index (χ1n) is 9.09. The number of halogens is 2. The molecule has 0 unspecified atom stereocenters. The largest absolute Gasteiger partial charge is 0.559 e. The number of hydrogen-bond acceptors (Lipinski definition) is 4. The van der Waals surface area contributed by atoms with Crippen molar-refractivity contribution in [3.8, 4) is 0 Å². The second-order valence-corrected chi connectivity index (χ2v) is 18.1. The summed E-state index contributed by atoms with van der Waals surface area (Å²) in [6, 6.07) is 0. The zero-order valence-corrected chi connectivity index (χ0v) is 24.8. The molecule has 2 aliphatic carbocycles. The fourth-order valence-electron chi connectivity index (χ4n) is 1.51. The van der Waals surface area contributed by atoms with Crippen LogP contribution < -0.4 is 0 Å². The van der Waals surface area contributed by atoms with Crippen LogP contribution in [0, 0.1) is 12.2 Å². The van der Waals surface area contributed by atoms with Gasteiger partial charge in [0.15, 0.2) is 30.2 Å². The molecule has 0 radical (unpaired) electrons. The second-order valence-electron chi connectivity index (χ2n) is 7.64. The maximum atomic E-state index is 5.52. The van der Waals surface area contributed by atoms with Crippen molar-refractivity contribution in [1.82, 2.24) is 0 Å². The number of ether oxygens (including phenoxy) is 2. The third kappa shape index (κ3) is 24.4. The van der Waals surface area contributed by atoms with Gasteiger partial charge in [-0.25, -0.2) is 0 Å². The van der Waals surface area contributed by atoms with E-state index in [1.165, 1.54) is 24.2 Å². The smallest absolute Gasteiger partial charge is 0.188 e. The molecule has 2 aliphatic rings. The van der Waals surface area contributed by atoms with Gasteiger partial charge in [0.25, 0.3) is 0 Å². The molecule has 0 aliphatic heterocycles. The summed E-state index contributed by atoms with van der Waals surface area (Å²) in [6.07, 6.45) is 15.5. The fraction of sp³-hybridized carbons (Fsp3) is 0.550. The zero-order chi connectivity index (χ0) is 20.8. The summed E-state index contributed by atoms with van der Waals surface area (Å²) in [6.45, 7) is 15.6. The van der Waals surface area contributed by atoms with Crippen molar-refractivity contribution < 1.29 is 42.6 Å². The van der Waals surface area contributed by atoms with Crippen LogP contribution in [0.2, 0.25) is 39.3 Å². The third-order valence-corrected chi connectivity index (χ3v) is 4.73. The van der Waals surface area contributed by atoms with E-state index in [0.29, 0.717) is 13.6 Å². The van der Waals surface area contributed by atoms with E-state index in [1.54, 1.807) is 0 Å². The molecule has 166 valence electrons. The van der Waals surface area contributed by atoms with Crippen molar-refractivity contribution in [2.45, 2.75) is 59.0 Å². The summed E-state index contributed by atoms with van der Waals surface area (Å²) in [7, 11) is -2.83. The summed E-state index contributed by atoms with van der Waals surface area (Å²) in [5.41, 5.74) is 0. The molecule has 0 aromatic rings. The quantitative estimate of drug-likeness (QED) is 0.204. The zero-order valence-electron chi connectivity index (χ0n) is 18.7. The molecule has 0 aromatic carbocycles. The van der Waals surface area contributed by atoms with Crippen LogP contribution in [-0.4, -0.2) is 33.9 Å². The predicted octanol–water partition coefficient (Wildman–Crippen LogP) is 6.12. The number of hydrogen-bond donors (Lipinski definition) is 0. The molecule has 0 N–H and O–H groups in total. The van der Waals surface area contributed by atoms with Crippen LogP contribution in [-0.2, 0) is 42.6 Å². The molecule has 0 heterocycles. The SMILES string of the molecule is C[CH]=[Zr+2].C[Si](C)(C)OCOC1=CC[C-]=C1.C[Si](C)(C)OCOC1=CC[C-]=C1.Cl.Cl. The van der Waals surface area contributed by atoms with Crippen LogP contribution in [0.5, 0.6) is 0 Å². The predicted molar refractivity (Wildman–Crippen MR) is 128 cm³/mol. The first-order chi connectivity index (χ1) is 12.6. The Morgan fingerprint density at radius 3 is 1.34 bits per heavy atom. The summed E-state index contributed by atoms with van der Waals surface area (Å²) in [5, 5.41) is 0. The van der Waals surface area contributed by atoms with E-state index in [-0.39, 0.29) is 24.8 Å². The molecule has 0 bridgehead atoms. The van der Waals surface area contributed by atoms with Gasteiger partial charge in [-0.15, -0.1) is 49.8 Å². The molecule has 0 saturated carbocycles. The maximum Gasteiger partial charge on any atom is 0.188 e. The van der Waals surface area contributed by atoms with Crippen LogP contribution in [0.1, 0.15) is 19.8 Å². The second kappa shape index (κ2) is 19.0. The Hall–Kier alpha value is 0.247. The molecular formula is C20H36Cl2O4Si2Zr. The van der Waals surface area contributed by atoms with Gasteiger partial charge in [0.1, 0.15) is 0 Å². The van der Waals surface area contributed by atoms with Crippen molar-refractivity contribution in [2.75, 3.05) is 13.6 Å². The van der Waals surface area contributed by atoms with Crippen molar-refractivity contribution in [1.29, 1.82) is 0 Å². The molecule has 4 nitrogen and oxygen atoms in total. The molecule has 0 saturated heterocycles. The minimum Gasteiger partial charge on any atom is -0.559 e. The fourth-order valence-corrected chi connectivity index (χ4v) is 2.33. The third-order valence-electron chi connectivity index (χ3n) is 2.77. The van der Waals surface area contributed by atoms with Gasteiger partial charge in [0.2, 0.25) is 0 Å². The Morgan fingerprint density at radius 1 is 0.828 bits per heavy atom. The molecular weight excluding hydrogens is 523 g/mol. The van der Waals surface area contributed by atoms with Crippen molar-refractivity contribution in [2.24, 2.45) is 0 Å². The van der Waals surface area contributed by atoms with Crippen LogP contribution in [0.4, 0.5) is 0 Å². The van der Waals surface area contributed by atoms with E-state index in [0.717, 1.165) is 24.4 Å². The van der Waals surface area contributed by atoms with Gasteiger partial charge in [-0.2, -0.15) is 12.2 Å². The normalized spacial score (nSPS) is 14.1. The van der Waals surface area contributed by atoms with Crippen LogP contribution >= 0.6 is 24.8 Å². The van der Waals surface area contributed by atoms with Gasteiger partial charge >= 0.3 is 34.9 Å². The molecule has 0 fully saturated rings. The molecule has 29 heavy (non-hydrogen) atoms.